The van der Waals surface area contributed by atoms with Crippen LogP contribution in [0.25, 0.3) is 0 Å². The maximum atomic E-state index is 10.3. The van der Waals surface area contributed by atoms with E-state index >= 15 is 0 Å². The van der Waals surface area contributed by atoms with Crippen LogP contribution in [0.5, 0.6) is 11.5 Å². The van der Waals surface area contributed by atoms with E-state index in [1.807, 2.05) is 6.08 Å². The largest absolute Gasteiger partial charge is 0.493 e. The number of rotatable bonds is 3. The summed E-state index contributed by atoms with van der Waals surface area (Å²) in [6.07, 6.45) is 5.38. The lowest BCUT2D eigenvalue weighted by atomic mass is 9.68. The Kier molecular flexibility index (Phi) is 4.27. The molecule has 1 N–H and O–H groups in total. The number of benzene rings is 2. The fraction of sp³-hybridized carbons (Fsp3) is 0.440. The van der Waals surface area contributed by atoms with E-state index in [0.717, 1.165) is 42.0 Å². The fourth-order valence-corrected chi connectivity index (χ4v) is 5.65. The highest BCUT2D eigenvalue weighted by Gasteiger charge is 2.55. The van der Waals surface area contributed by atoms with Crippen molar-refractivity contribution in [3.63, 3.8) is 0 Å². The first-order valence-electron chi connectivity index (χ1n) is 10.6. The molecule has 3 aliphatic rings. The Morgan fingerprint density at radius 3 is 2.83 bits per heavy atom. The average molecular weight is 393 g/mol. The topological polar surface area (TPSA) is 38.7 Å². The van der Waals surface area contributed by atoms with Crippen LogP contribution in [-0.4, -0.2) is 42.5 Å². The Bertz CT molecular complexity index is 970. The number of aliphatic hydroxyl groups excluding tert-OH is 1. The molecule has 0 saturated heterocycles. The Morgan fingerprint density at radius 1 is 1.28 bits per heavy atom. The molecule has 4 nitrogen and oxygen atoms in total. The van der Waals surface area contributed by atoms with Gasteiger partial charge in [-0.2, -0.15) is 0 Å². The van der Waals surface area contributed by atoms with E-state index in [2.05, 4.69) is 56.4 Å². The second kappa shape index (κ2) is 6.61. The molecule has 152 valence electrons. The molecular weight excluding hydrogens is 362 g/mol. The smallest absolute Gasteiger partial charge is 0.166 e. The van der Waals surface area contributed by atoms with E-state index in [1.165, 1.54) is 22.3 Å². The summed E-state index contributed by atoms with van der Waals surface area (Å²) in [6.45, 7) is 5.24. The van der Waals surface area contributed by atoms with Crippen LogP contribution >= 0.6 is 0 Å². The van der Waals surface area contributed by atoms with Gasteiger partial charge < -0.3 is 19.1 Å². The zero-order valence-electron chi connectivity index (χ0n) is 17.5. The van der Waals surface area contributed by atoms with E-state index < -0.39 is 6.10 Å². The maximum Gasteiger partial charge on any atom is 0.166 e. The van der Waals surface area contributed by atoms with Crippen LogP contribution in [0, 0.1) is 6.92 Å². The SMILES string of the molecule is COc1cc(C)c2c3c1OC1C[C@@H](O)C=CC31CC[N+](C)(Cc1ccccc1)C2. The van der Waals surface area contributed by atoms with Gasteiger partial charge in [0.1, 0.15) is 19.2 Å². The van der Waals surface area contributed by atoms with Crippen LogP contribution in [0.1, 0.15) is 35.1 Å². The standard InChI is InChI=1S/C25H30NO3/c1-17-13-21(28-3)24-23-20(17)16-26(2,15-18-7-5-4-6-8-18)12-11-25(23)10-9-19(27)14-22(25)29-24/h4-10,13,19,22,27H,11-12,14-16H2,1-3H3/q+1/t19-,22?,25?,26?/m0/s1. The molecule has 0 amide bonds. The third-order valence-corrected chi connectivity index (χ3v) is 7.18. The number of nitrogens with zero attached hydrogens (tertiary/aromatic N) is 1. The Balaban J connectivity index is 1.65. The zero-order chi connectivity index (χ0) is 20.2. The molecule has 0 saturated carbocycles. The van der Waals surface area contributed by atoms with Gasteiger partial charge in [0.05, 0.1) is 32.2 Å². The van der Waals surface area contributed by atoms with Crippen molar-refractivity contribution in [2.45, 2.75) is 50.5 Å². The predicted octanol–water partition coefficient (Wildman–Crippen LogP) is 3.87. The Hall–Kier alpha value is -2.30. The van der Waals surface area contributed by atoms with E-state index in [0.29, 0.717) is 6.42 Å². The number of ether oxygens (including phenoxy) is 2. The first-order chi connectivity index (χ1) is 13.9. The number of aryl methyl sites for hydroxylation is 1. The fourth-order valence-electron chi connectivity index (χ4n) is 5.65. The van der Waals surface area contributed by atoms with Crippen LogP contribution in [-0.2, 0) is 18.5 Å². The molecule has 29 heavy (non-hydrogen) atoms. The highest BCUT2D eigenvalue weighted by Crippen LogP contribution is 2.57. The first-order valence-corrected chi connectivity index (χ1v) is 10.6. The molecule has 0 aromatic heterocycles. The lowest BCUT2D eigenvalue weighted by molar-refractivity contribution is -0.935. The number of hydrogen-bond donors (Lipinski definition) is 1. The van der Waals surface area contributed by atoms with Gasteiger partial charge in [-0.1, -0.05) is 42.5 Å². The van der Waals surface area contributed by atoms with Crippen LogP contribution in [0.2, 0.25) is 0 Å². The summed E-state index contributed by atoms with van der Waals surface area (Å²) >= 11 is 0. The van der Waals surface area contributed by atoms with Crippen molar-refractivity contribution >= 4 is 0 Å². The van der Waals surface area contributed by atoms with Gasteiger partial charge >= 0.3 is 0 Å². The lowest BCUT2D eigenvalue weighted by Gasteiger charge is -2.37. The zero-order valence-corrected chi connectivity index (χ0v) is 17.5. The van der Waals surface area contributed by atoms with Crippen LogP contribution in [0.4, 0.5) is 0 Å². The summed E-state index contributed by atoms with van der Waals surface area (Å²) < 4.78 is 13.2. The minimum Gasteiger partial charge on any atom is -0.493 e. The van der Waals surface area contributed by atoms with Gasteiger partial charge in [-0.3, -0.25) is 0 Å². The monoisotopic (exact) mass is 392 g/mol. The number of aliphatic hydroxyl groups is 1. The molecule has 4 atom stereocenters. The second-order valence-electron chi connectivity index (χ2n) is 9.28. The molecule has 0 fully saturated rings. The number of methoxy groups -OCH3 is 1. The van der Waals surface area contributed by atoms with E-state index in [9.17, 15) is 5.11 Å². The molecule has 4 heteroatoms. The lowest BCUT2D eigenvalue weighted by Crippen LogP contribution is -2.46. The maximum absolute atomic E-state index is 10.3. The molecule has 2 heterocycles. The number of quaternary nitrogens is 1. The summed E-state index contributed by atoms with van der Waals surface area (Å²) in [5.74, 6) is 1.71. The molecule has 2 aromatic rings. The predicted molar refractivity (Wildman–Crippen MR) is 113 cm³/mol. The van der Waals surface area contributed by atoms with Crippen molar-refractivity contribution in [3.05, 3.63) is 70.8 Å². The third-order valence-electron chi connectivity index (χ3n) is 7.18. The van der Waals surface area contributed by atoms with E-state index in [1.54, 1.807) is 7.11 Å². The van der Waals surface area contributed by atoms with Crippen LogP contribution < -0.4 is 9.47 Å². The van der Waals surface area contributed by atoms with Gasteiger partial charge in [0.25, 0.3) is 0 Å². The van der Waals surface area contributed by atoms with Gasteiger partial charge in [0, 0.05) is 29.5 Å². The van der Waals surface area contributed by atoms with Gasteiger partial charge in [0.15, 0.2) is 11.5 Å². The molecule has 2 aromatic carbocycles. The van der Waals surface area contributed by atoms with E-state index in [-0.39, 0.29) is 11.5 Å². The Labute approximate surface area is 173 Å². The van der Waals surface area contributed by atoms with Crippen molar-refractivity contribution in [2.75, 3.05) is 20.7 Å². The van der Waals surface area contributed by atoms with Crippen molar-refractivity contribution in [1.82, 2.24) is 0 Å². The summed E-state index contributed by atoms with van der Waals surface area (Å²) in [5, 5.41) is 10.3. The third kappa shape index (κ3) is 2.89. The molecule has 2 aliphatic heterocycles. The average Bonchev–Trinajstić information content (AvgIpc) is 2.97. The van der Waals surface area contributed by atoms with E-state index in [4.69, 9.17) is 9.47 Å². The summed E-state index contributed by atoms with van der Waals surface area (Å²) in [5.41, 5.74) is 5.16. The first kappa shape index (κ1) is 18.7. The van der Waals surface area contributed by atoms with Crippen molar-refractivity contribution < 1.29 is 19.1 Å². The molecule has 1 aliphatic carbocycles. The van der Waals surface area contributed by atoms with Gasteiger partial charge in [-0.05, 0) is 18.6 Å². The highest BCUT2D eigenvalue weighted by molar-refractivity contribution is 5.63. The molecule has 1 spiro atoms. The summed E-state index contributed by atoms with van der Waals surface area (Å²) in [7, 11) is 4.09. The van der Waals surface area contributed by atoms with Crippen LogP contribution in [0.3, 0.4) is 0 Å². The molecule has 0 bridgehead atoms. The normalized spacial score (nSPS) is 32.1. The molecule has 0 radical (unpaired) electrons. The molecular formula is C25H30NO3+. The highest BCUT2D eigenvalue weighted by atomic mass is 16.5. The van der Waals surface area contributed by atoms with Crippen molar-refractivity contribution in [3.8, 4) is 11.5 Å². The summed E-state index contributed by atoms with van der Waals surface area (Å²) in [4.78, 5) is 0. The minimum absolute atomic E-state index is 0.0322. The van der Waals surface area contributed by atoms with Gasteiger partial charge in [0.2, 0.25) is 0 Å². The van der Waals surface area contributed by atoms with Crippen molar-refractivity contribution in [1.29, 1.82) is 0 Å². The van der Waals surface area contributed by atoms with Gasteiger partial charge in [-0.25, -0.2) is 0 Å². The van der Waals surface area contributed by atoms with Crippen molar-refractivity contribution in [2.24, 2.45) is 0 Å². The Morgan fingerprint density at radius 2 is 2.07 bits per heavy atom. The van der Waals surface area contributed by atoms with Gasteiger partial charge in [-0.15, -0.1) is 0 Å². The minimum atomic E-state index is -0.441. The second-order valence-corrected chi connectivity index (χ2v) is 9.28. The number of hydrogen-bond acceptors (Lipinski definition) is 3. The molecule has 3 unspecified atom stereocenters. The van der Waals surface area contributed by atoms with Crippen LogP contribution in [0.15, 0.2) is 48.6 Å². The summed E-state index contributed by atoms with van der Waals surface area (Å²) in [6, 6.07) is 12.9. The molecule has 5 rings (SSSR count). The quantitative estimate of drug-likeness (QED) is 0.637.